The van der Waals surface area contributed by atoms with Crippen molar-refractivity contribution in [2.45, 2.75) is 0 Å². The molecule has 0 N–H and O–H groups in total. The third-order valence-electron chi connectivity index (χ3n) is 1.59. The van der Waals surface area contributed by atoms with Crippen LogP contribution in [0.4, 0.5) is 23.8 Å². The van der Waals surface area contributed by atoms with E-state index in [1.807, 2.05) is 0 Å². The molecule has 0 saturated carbocycles. The van der Waals surface area contributed by atoms with E-state index in [-0.39, 0.29) is 5.69 Å². The fraction of sp³-hybridized carbons (Fsp3) is 0.125. The van der Waals surface area contributed by atoms with E-state index >= 15 is 0 Å². The lowest BCUT2D eigenvalue weighted by atomic mass is 10.3. The highest BCUT2D eigenvalue weighted by Gasteiger charge is 2.30. The molecule has 0 aliphatic carbocycles. The summed E-state index contributed by atoms with van der Waals surface area (Å²) in [4.78, 5) is 14.2. The SMILES string of the molecule is CON(F)N(C(=O)F)N(F)c1ccccc1. The number of nitrogens with zero attached hydrogens (tertiary/aromatic N) is 3. The summed E-state index contributed by atoms with van der Waals surface area (Å²) in [5.41, 5.74) is -0.242. The van der Waals surface area contributed by atoms with Gasteiger partial charge < -0.3 is 0 Å². The van der Waals surface area contributed by atoms with Gasteiger partial charge in [0.1, 0.15) is 5.39 Å². The molecule has 5 nitrogen and oxygen atoms in total. The number of para-hydroxylation sites is 1. The Kier molecular flexibility index (Phi) is 4.09. The topological polar surface area (TPSA) is 36.0 Å². The molecule has 0 spiro atoms. The van der Waals surface area contributed by atoms with Crippen LogP contribution in [-0.2, 0) is 4.84 Å². The van der Waals surface area contributed by atoms with Crippen molar-refractivity contribution in [3.63, 3.8) is 0 Å². The molecular formula is C8H8F3N3O2. The summed E-state index contributed by atoms with van der Waals surface area (Å²) in [5, 5.41) is -2.02. The minimum absolute atomic E-state index is 0.242. The average Bonchev–Trinajstić information content (AvgIpc) is 2.29. The Morgan fingerprint density at radius 1 is 1.25 bits per heavy atom. The number of carbonyl (C=O) groups is 1. The average molecular weight is 235 g/mol. The summed E-state index contributed by atoms with van der Waals surface area (Å²) in [5.74, 6) is 0. The van der Waals surface area contributed by atoms with Crippen molar-refractivity contribution in [2.75, 3.05) is 12.3 Å². The molecule has 0 atom stereocenters. The maximum Gasteiger partial charge on any atom is 0.440 e. The normalized spacial score (nSPS) is 10.3. The maximum atomic E-state index is 13.4. The van der Waals surface area contributed by atoms with E-state index in [1.54, 1.807) is 6.07 Å². The number of benzene rings is 1. The summed E-state index contributed by atoms with van der Waals surface area (Å²) >= 11 is 0. The van der Waals surface area contributed by atoms with E-state index in [2.05, 4.69) is 4.84 Å². The van der Waals surface area contributed by atoms with E-state index in [0.29, 0.717) is 0 Å². The molecule has 1 amide bonds. The summed E-state index contributed by atoms with van der Waals surface area (Å²) in [7, 11) is 0.800. The molecule has 0 fully saturated rings. The molecule has 88 valence electrons. The molecule has 0 saturated heterocycles. The quantitative estimate of drug-likeness (QED) is 0.347. The maximum absolute atomic E-state index is 13.4. The van der Waals surface area contributed by atoms with Crippen molar-refractivity contribution < 1.29 is 23.0 Å². The Balaban J connectivity index is 2.92. The number of anilines is 1. The highest BCUT2D eigenvalue weighted by Crippen LogP contribution is 2.19. The number of hydrazine groups is 2. The molecule has 1 rings (SSSR count). The first-order valence-corrected chi connectivity index (χ1v) is 4.08. The van der Waals surface area contributed by atoms with Crippen LogP contribution in [0.1, 0.15) is 0 Å². The van der Waals surface area contributed by atoms with Gasteiger partial charge in [-0.1, -0.05) is 37.5 Å². The van der Waals surface area contributed by atoms with E-state index in [4.69, 9.17) is 0 Å². The minimum atomic E-state index is -2.38. The van der Waals surface area contributed by atoms with Crippen LogP contribution in [-0.4, -0.2) is 23.8 Å². The molecule has 8 heteroatoms. The Hall–Kier alpha value is -1.80. The molecule has 0 heterocycles. The van der Waals surface area contributed by atoms with Gasteiger partial charge in [0.05, 0.1) is 12.8 Å². The number of hydrogen-bond acceptors (Lipinski definition) is 4. The summed E-state index contributed by atoms with van der Waals surface area (Å²) < 4.78 is 38.6. The molecule has 0 aliphatic heterocycles. The van der Waals surface area contributed by atoms with Crippen LogP contribution in [0, 0.1) is 0 Å². The number of carbonyl (C=O) groups excluding carboxylic acids is 1. The first-order chi connectivity index (χ1) is 7.57. The zero-order valence-corrected chi connectivity index (χ0v) is 8.18. The second-order valence-electron chi connectivity index (χ2n) is 2.55. The van der Waals surface area contributed by atoms with Gasteiger partial charge in [-0.3, -0.25) is 4.84 Å². The molecule has 1 aromatic carbocycles. The van der Waals surface area contributed by atoms with Crippen LogP contribution in [0.5, 0.6) is 0 Å². The van der Waals surface area contributed by atoms with Crippen molar-refractivity contribution >= 4 is 11.8 Å². The minimum Gasteiger partial charge on any atom is -0.254 e. The molecule has 0 bridgehead atoms. The molecule has 16 heavy (non-hydrogen) atoms. The van der Waals surface area contributed by atoms with E-state index < -0.39 is 21.9 Å². The molecular weight excluding hydrogens is 227 g/mol. The number of rotatable bonds is 4. The summed E-state index contributed by atoms with van der Waals surface area (Å²) in [6, 6.07) is 6.84. The van der Waals surface area contributed by atoms with Gasteiger partial charge in [-0.15, -0.1) is 4.39 Å². The van der Waals surface area contributed by atoms with Crippen LogP contribution in [0.15, 0.2) is 30.3 Å². The highest BCUT2D eigenvalue weighted by atomic mass is 19.2. The first kappa shape index (κ1) is 12.3. The predicted octanol–water partition coefficient (Wildman–Crippen LogP) is 2.35. The van der Waals surface area contributed by atoms with Crippen molar-refractivity contribution in [1.29, 1.82) is 0 Å². The summed E-state index contributed by atoms with van der Waals surface area (Å²) in [6.45, 7) is 0. The second-order valence-corrected chi connectivity index (χ2v) is 2.55. The fourth-order valence-electron chi connectivity index (χ4n) is 0.930. The van der Waals surface area contributed by atoms with Crippen LogP contribution in [0.25, 0.3) is 0 Å². The summed E-state index contributed by atoms with van der Waals surface area (Å²) in [6.07, 6.45) is -2.38. The second kappa shape index (κ2) is 5.33. The van der Waals surface area contributed by atoms with Crippen LogP contribution in [0.3, 0.4) is 0 Å². The monoisotopic (exact) mass is 235 g/mol. The lowest BCUT2D eigenvalue weighted by molar-refractivity contribution is -0.371. The number of hydrogen-bond donors (Lipinski definition) is 0. The van der Waals surface area contributed by atoms with Crippen molar-refractivity contribution in [2.24, 2.45) is 0 Å². The zero-order valence-electron chi connectivity index (χ0n) is 8.18. The van der Waals surface area contributed by atoms with Gasteiger partial charge in [0, 0.05) is 0 Å². The van der Waals surface area contributed by atoms with Crippen LogP contribution >= 0.6 is 0 Å². The van der Waals surface area contributed by atoms with Crippen molar-refractivity contribution in [3.05, 3.63) is 30.3 Å². The van der Waals surface area contributed by atoms with Gasteiger partial charge in [-0.25, -0.2) is 4.79 Å². The van der Waals surface area contributed by atoms with E-state index in [1.165, 1.54) is 24.3 Å². The molecule has 0 unspecified atom stereocenters. The van der Waals surface area contributed by atoms with Crippen molar-refractivity contribution in [3.8, 4) is 0 Å². The Bertz CT molecular complexity index is 352. The third kappa shape index (κ3) is 2.61. The number of amides is 1. The Labute approximate surface area is 89.0 Å². The van der Waals surface area contributed by atoms with Crippen LogP contribution < -0.4 is 5.23 Å². The molecule has 1 aromatic rings. The van der Waals surface area contributed by atoms with Gasteiger partial charge >= 0.3 is 6.16 Å². The van der Waals surface area contributed by atoms with E-state index in [0.717, 1.165) is 7.11 Å². The third-order valence-corrected chi connectivity index (χ3v) is 1.59. The molecule has 0 radical (unpaired) electrons. The molecule has 0 aromatic heterocycles. The van der Waals surface area contributed by atoms with Crippen molar-refractivity contribution in [1.82, 2.24) is 10.5 Å². The first-order valence-electron chi connectivity index (χ1n) is 4.08. The van der Waals surface area contributed by atoms with Gasteiger partial charge in [0.15, 0.2) is 0 Å². The van der Waals surface area contributed by atoms with Gasteiger partial charge in [-0.2, -0.15) is 0 Å². The highest BCUT2D eigenvalue weighted by molar-refractivity contribution is 5.67. The van der Waals surface area contributed by atoms with Crippen LogP contribution in [0.2, 0.25) is 0 Å². The zero-order chi connectivity index (χ0) is 12.1. The Morgan fingerprint density at radius 2 is 1.81 bits per heavy atom. The molecule has 0 aliphatic rings. The largest absolute Gasteiger partial charge is 0.440 e. The van der Waals surface area contributed by atoms with Gasteiger partial charge in [0.2, 0.25) is 0 Å². The van der Waals surface area contributed by atoms with Gasteiger partial charge in [-0.05, 0) is 12.1 Å². The lowest BCUT2D eigenvalue weighted by Gasteiger charge is -2.26. The Morgan fingerprint density at radius 3 is 2.25 bits per heavy atom. The smallest absolute Gasteiger partial charge is 0.254 e. The standard InChI is InChI=1S/C8H8F3N3O2/c1-16-14(11)13(8(9)15)12(10)7-5-3-2-4-6-7/h2-6H,1H3. The number of halogens is 3. The lowest BCUT2D eigenvalue weighted by Crippen LogP contribution is -2.47. The predicted molar refractivity (Wildman–Crippen MR) is 48.3 cm³/mol. The van der Waals surface area contributed by atoms with Gasteiger partial charge in [0.25, 0.3) is 0 Å². The fourth-order valence-corrected chi connectivity index (χ4v) is 0.930. The van der Waals surface area contributed by atoms with E-state index in [9.17, 15) is 18.1 Å².